The van der Waals surface area contributed by atoms with E-state index in [1.807, 2.05) is 0 Å². The van der Waals surface area contributed by atoms with Crippen LogP contribution in [0.5, 0.6) is 0 Å². The van der Waals surface area contributed by atoms with Crippen molar-refractivity contribution in [2.75, 3.05) is 0 Å². The highest BCUT2D eigenvalue weighted by atomic mass is 19.4. The Labute approximate surface area is 105 Å². The Balaban J connectivity index is 2.12. The molecule has 0 aliphatic heterocycles. The van der Waals surface area contributed by atoms with E-state index in [0.29, 0.717) is 22.4 Å². The summed E-state index contributed by atoms with van der Waals surface area (Å²) in [6.45, 7) is 0. The van der Waals surface area contributed by atoms with Crippen molar-refractivity contribution in [1.82, 2.24) is 20.2 Å². The molecule has 0 saturated carbocycles. The van der Waals surface area contributed by atoms with Gasteiger partial charge in [0.2, 0.25) is 0 Å². The number of H-pyrrole nitrogens is 1. The summed E-state index contributed by atoms with van der Waals surface area (Å²) in [5.41, 5.74) is 0.768. The van der Waals surface area contributed by atoms with E-state index in [-0.39, 0.29) is 0 Å². The number of nitrogens with one attached hydrogen (secondary N) is 1. The highest BCUT2D eigenvalue weighted by Crippen LogP contribution is 2.31. The van der Waals surface area contributed by atoms with Crippen LogP contribution in [0.3, 0.4) is 0 Å². The Morgan fingerprint density at radius 1 is 1.05 bits per heavy atom. The smallest absolute Gasteiger partial charge is 0.338 e. The van der Waals surface area contributed by atoms with E-state index in [1.54, 1.807) is 6.07 Å². The van der Waals surface area contributed by atoms with Crippen LogP contribution in [-0.2, 0) is 6.18 Å². The van der Waals surface area contributed by atoms with Gasteiger partial charge in [-0.2, -0.15) is 23.4 Å². The molecule has 1 aromatic carbocycles. The van der Waals surface area contributed by atoms with Crippen LogP contribution in [-0.4, -0.2) is 20.2 Å². The Morgan fingerprint density at radius 2 is 1.89 bits per heavy atom. The molecule has 2 heterocycles. The topological polar surface area (TPSA) is 54.5 Å². The van der Waals surface area contributed by atoms with Crippen molar-refractivity contribution >= 4 is 11.0 Å². The fraction of sp³-hybridized carbons (Fsp3) is 0.0833. The SMILES string of the molecule is FC(F)(F)c1ccc2nc(-c3ccnnc3)[nH]c2c1. The minimum absolute atomic E-state index is 0.335. The van der Waals surface area contributed by atoms with Gasteiger partial charge < -0.3 is 4.98 Å². The number of hydrogen-bond acceptors (Lipinski definition) is 3. The third-order valence-electron chi connectivity index (χ3n) is 2.67. The summed E-state index contributed by atoms with van der Waals surface area (Å²) in [5, 5.41) is 7.33. The fourth-order valence-electron chi connectivity index (χ4n) is 1.75. The second-order valence-corrected chi connectivity index (χ2v) is 3.95. The molecule has 0 fully saturated rings. The predicted molar refractivity (Wildman–Crippen MR) is 62.1 cm³/mol. The lowest BCUT2D eigenvalue weighted by atomic mass is 10.2. The first kappa shape index (κ1) is 11.6. The molecule has 3 aromatic rings. The number of imidazole rings is 1. The lowest BCUT2D eigenvalue weighted by molar-refractivity contribution is -0.137. The highest BCUT2D eigenvalue weighted by molar-refractivity contribution is 5.79. The van der Waals surface area contributed by atoms with E-state index in [9.17, 15) is 13.2 Å². The average Bonchev–Trinajstić information content (AvgIpc) is 2.81. The molecule has 0 saturated heterocycles. The van der Waals surface area contributed by atoms with Gasteiger partial charge >= 0.3 is 6.18 Å². The van der Waals surface area contributed by atoms with Crippen LogP contribution in [0.25, 0.3) is 22.4 Å². The van der Waals surface area contributed by atoms with E-state index in [4.69, 9.17) is 0 Å². The highest BCUT2D eigenvalue weighted by Gasteiger charge is 2.30. The number of aromatic nitrogens is 4. The van der Waals surface area contributed by atoms with Gasteiger partial charge in [0.25, 0.3) is 0 Å². The molecule has 0 unspecified atom stereocenters. The fourth-order valence-corrected chi connectivity index (χ4v) is 1.75. The van der Waals surface area contributed by atoms with Crippen LogP contribution in [0.4, 0.5) is 13.2 Å². The Bertz CT molecular complexity index is 719. The van der Waals surface area contributed by atoms with Crippen molar-refractivity contribution < 1.29 is 13.2 Å². The molecule has 3 rings (SSSR count). The van der Waals surface area contributed by atoms with E-state index >= 15 is 0 Å². The number of nitrogens with zero attached hydrogens (tertiary/aromatic N) is 3. The molecule has 96 valence electrons. The molecule has 7 heteroatoms. The molecule has 19 heavy (non-hydrogen) atoms. The van der Waals surface area contributed by atoms with Crippen molar-refractivity contribution in [3.8, 4) is 11.4 Å². The molecule has 0 aliphatic carbocycles. The molecule has 0 bridgehead atoms. The van der Waals surface area contributed by atoms with Crippen LogP contribution in [0.15, 0.2) is 36.7 Å². The molecule has 2 aromatic heterocycles. The van der Waals surface area contributed by atoms with Crippen molar-refractivity contribution in [2.45, 2.75) is 6.18 Å². The summed E-state index contributed by atoms with van der Waals surface area (Å²) in [6, 6.07) is 5.07. The van der Waals surface area contributed by atoms with Gasteiger partial charge in [0.05, 0.1) is 29.0 Å². The normalized spacial score (nSPS) is 11.9. The Hall–Kier alpha value is -2.44. The summed E-state index contributed by atoms with van der Waals surface area (Å²) < 4.78 is 37.8. The molecular formula is C12H7F3N4. The minimum atomic E-state index is -4.36. The zero-order valence-electron chi connectivity index (χ0n) is 9.44. The average molecular weight is 264 g/mol. The number of alkyl halides is 3. The van der Waals surface area contributed by atoms with Gasteiger partial charge in [0.1, 0.15) is 5.82 Å². The van der Waals surface area contributed by atoms with Crippen LogP contribution in [0, 0.1) is 0 Å². The van der Waals surface area contributed by atoms with Gasteiger partial charge in [-0.15, -0.1) is 0 Å². The van der Waals surface area contributed by atoms with Gasteiger partial charge in [-0.3, -0.25) is 0 Å². The maximum absolute atomic E-state index is 12.6. The van der Waals surface area contributed by atoms with Crippen LogP contribution in [0.2, 0.25) is 0 Å². The Morgan fingerprint density at radius 3 is 2.58 bits per heavy atom. The van der Waals surface area contributed by atoms with Crippen LogP contribution < -0.4 is 0 Å². The summed E-state index contributed by atoms with van der Waals surface area (Å²) >= 11 is 0. The lowest BCUT2D eigenvalue weighted by Gasteiger charge is -2.05. The number of hydrogen-bond donors (Lipinski definition) is 1. The lowest BCUT2D eigenvalue weighted by Crippen LogP contribution is -2.04. The Kier molecular flexibility index (Phi) is 2.48. The summed E-state index contributed by atoms with van der Waals surface area (Å²) in [7, 11) is 0. The summed E-state index contributed by atoms with van der Waals surface area (Å²) in [6.07, 6.45) is -1.39. The third kappa shape index (κ3) is 2.14. The van der Waals surface area contributed by atoms with E-state index < -0.39 is 11.7 Å². The van der Waals surface area contributed by atoms with E-state index in [1.165, 1.54) is 18.5 Å². The van der Waals surface area contributed by atoms with Crippen molar-refractivity contribution in [2.24, 2.45) is 0 Å². The summed E-state index contributed by atoms with van der Waals surface area (Å²) in [5.74, 6) is 0.462. The molecule has 4 nitrogen and oxygen atoms in total. The predicted octanol–water partition coefficient (Wildman–Crippen LogP) is 3.04. The van der Waals surface area contributed by atoms with Gasteiger partial charge in [-0.1, -0.05) is 0 Å². The molecule has 0 radical (unpaired) electrons. The molecule has 1 N–H and O–H groups in total. The minimum Gasteiger partial charge on any atom is -0.338 e. The second-order valence-electron chi connectivity index (χ2n) is 3.95. The molecule has 0 atom stereocenters. The van der Waals surface area contributed by atoms with Gasteiger partial charge in [-0.25, -0.2) is 4.98 Å². The maximum Gasteiger partial charge on any atom is 0.416 e. The first-order valence-corrected chi connectivity index (χ1v) is 5.38. The molecule has 0 aliphatic rings. The molecular weight excluding hydrogens is 257 g/mol. The van der Waals surface area contributed by atoms with Crippen LogP contribution >= 0.6 is 0 Å². The van der Waals surface area contributed by atoms with Crippen molar-refractivity contribution in [3.05, 3.63) is 42.2 Å². The monoisotopic (exact) mass is 264 g/mol. The quantitative estimate of drug-likeness (QED) is 0.735. The van der Waals surface area contributed by atoms with Crippen molar-refractivity contribution in [3.63, 3.8) is 0 Å². The number of aromatic amines is 1. The maximum atomic E-state index is 12.6. The number of fused-ring (bicyclic) bond motifs is 1. The zero-order valence-corrected chi connectivity index (χ0v) is 9.44. The first-order chi connectivity index (χ1) is 9.04. The summed E-state index contributed by atoms with van der Waals surface area (Å²) in [4.78, 5) is 7.06. The largest absolute Gasteiger partial charge is 0.416 e. The molecule has 0 amide bonds. The molecule has 0 spiro atoms. The van der Waals surface area contributed by atoms with Gasteiger partial charge in [0.15, 0.2) is 0 Å². The number of benzene rings is 1. The van der Waals surface area contributed by atoms with Crippen molar-refractivity contribution in [1.29, 1.82) is 0 Å². The first-order valence-electron chi connectivity index (χ1n) is 5.38. The standard InChI is InChI=1S/C12H7F3N4/c13-12(14,15)8-1-2-9-10(5-8)19-11(18-9)7-3-4-16-17-6-7/h1-6H,(H,18,19). The zero-order chi connectivity index (χ0) is 13.5. The van der Waals surface area contributed by atoms with Gasteiger partial charge in [-0.05, 0) is 24.3 Å². The second kappa shape index (κ2) is 4.04. The van der Waals surface area contributed by atoms with E-state index in [2.05, 4.69) is 20.2 Å². The third-order valence-corrected chi connectivity index (χ3v) is 2.67. The number of halogens is 3. The van der Waals surface area contributed by atoms with E-state index in [0.717, 1.165) is 12.1 Å². The number of rotatable bonds is 1. The van der Waals surface area contributed by atoms with Crippen LogP contribution in [0.1, 0.15) is 5.56 Å². The van der Waals surface area contributed by atoms with Gasteiger partial charge in [0, 0.05) is 5.56 Å².